The Bertz CT molecular complexity index is 721. The van der Waals surface area contributed by atoms with E-state index >= 15 is 0 Å². The highest BCUT2D eigenvalue weighted by molar-refractivity contribution is 5.81. The number of pyridine rings is 1. The molecule has 1 N–H and O–H groups in total. The van der Waals surface area contributed by atoms with Gasteiger partial charge in [-0.1, -0.05) is 43.7 Å². The number of carbonyl (C=O) groups is 1. The summed E-state index contributed by atoms with van der Waals surface area (Å²) in [5.41, 5.74) is 1.01. The number of amides is 1. The molecule has 0 aliphatic rings. The fourth-order valence-electron chi connectivity index (χ4n) is 2.44. The Hall–Kier alpha value is -2.96. The maximum absolute atomic E-state index is 12.5. The molecule has 0 radical (unpaired) electrons. The zero-order valence-corrected chi connectivity index (χ0v) is 14.2. The van der Waals surface area contributed by atoms with E-state index in [0.717, 1.165) is 18.4 Å². The van der Waals surface area contributed by atoms with E-state index in [1.807, 2.05) is 37.3 Å². The van der Waals surface area contributed by atoms with Crippen molar-refractivity contribution < 1.29 is 14.5 Å². The van der Waals surface area contributed by atoms with E-state index in [1.54, 1.807) is 6.92 Å². The van der Waals surface area contributed by atoms with Gasteiger partial charge in [0.2, 0.25) is 5.75 Å². The quantitative estimate of drug-likeness (QED) is 0.585. The average molecular weight is 343 g/mol. The van der Waals surface area contributed by atoms with Crippen molar-refractivity contribution in [2.45, 2.75) is 38.8 Å². The third-order valence-electron chi connectivity index (χ3n) is 3.69. The Morgan fingerprint density at radius 1 is 1.28 bits per heavy atom. The second-order valence-electron chi connectivity index (χ2n) is 5.60. The van der Waals surface area contributed by atoms with Gasteiger partial charge in [0, 0.05) is 0 Å². The molecule has 25 heavy (non-hydrogen) atoms. The van der Waals surface area contributed by atoms with Crippen LogP contribution in [0.1, 0.15) is 38.3 Å². The van der Waals surface area contributed by atoms with Gasteiger partial charge in [-0.05, 0) is 40.9 Å². The smallest absolute Gasteiger partial charge is 0.406 e. The zero-order valence-electron chi connectivity index (χ0n) is 14.2. The Morgan fingerprint density at radius 3 is 2.64 bits per heavy atom. The normalized spacial score (nSPS) is 12.9. The predicted octanol–water partition coefficient (Wildman–Crippen LogP) is 3.41. The van der Waals surface area contributed by atoms with Gasteiger partial charge in [-0.2, -0.15) is 0 Å². The first kappa shape index (κ1) is 18.4. The summed E-state index contributed by atoms with van der Waals surface area (Å²) in [6.07, 6.45) is 2.12. The van der Waals surface area contributed by atoms with Crippen LogP contribution in [0.15, 0.2) is 48.7 Å². The Labute approximate surface area is 146 Å². The summed E-state index contributed by atoms with van der Waals surface area (Å²) in [5.74, 6) is -0.766. The van der Waals surface area contributed by atoms with Crippen molar-refractivity contribution in [1.29, 1.82) is 0 Å². The molecule has 1 aromatic carbocycles. The van der Waals surface area contributed by atoms with Crippen LogP contribution in [0.3, 0.4) is 0 Å². The first-order chi connectivity index (χ1) is 12.0. The maximum atomic E-state index is 12.5. The van der Waals surface area contributed by atoms with Crippen molar-refractivity contribution in [3.63, 3.8) is 0 Å². The molecule has 132 valence electrons. The second kappa shape index (κ2) is 8.77. The minimum absolute atomic E-state index is 0.0260. The largest absolute Gasteiger partial charge is 0.473 e. The van der Waals surface area contributed by atoms with E-state index in [1.165, 1.54) is 18.3 Å². The van der Waals surface area contributed by atoms with Crippen LogP contribution in [0, 0.1) is 10.1 Å². The van der Waals surface area contributed by atoms with Crippen LogP contribution < -0.4 is 10.1 Å². The predicted molar refractivity (Wildman–Crippen MR) is 93.2 cm³/mol. The molecule has 1 aromatic heterocycles. The lowest BCUT2D eigenvalue weighted by molar-refractivity contribution is -0.390. The van der Waals surface area contributed by atoms with E-state index < -0.39 is 16.8 Å². The molecule has 0 bridgehead atoms. The Morgan fingerprint density at radius 2 is 2.00 bits per heavy atom. The van der Waals surface area contributed by atoms with Crippen molar-refractivity contribution in [3.8, 4) is 5.75 Å². The molecule has 2 unspecified atom stereocenters. The SMILES string of the molecule is CCCC(NC(=O)C(C)Oc1cccnc1[N+](=O)[O-])c1ccccc1. The minimum atomic E-state index is -0.883. The number of nitrogens with one attached hydrogen (secondary N) is 1. The Balaban J connectivity index is 2.07. The van der Waals surface area contributed by atoms with E-state index in [2.05, 4.69) is 10.3 Å². The molecule has 7 nitrogen and oxygen atoms in total. The van der Waals surface area contributed by atoms with Gasteiger partial charge in [0.25, 0.3) is 5.91 Å². The van der Waals surface area contributed by atoms with E-state index in [4.69, 9.17) is 4.74 Å². The van der Waals surface area contributed by atoms with Crippen LogP contribution in [0.25, 0.3) is 0 Å². The Kier molecular flexibility index (Phi) is 6.45. The molecule has 0 fully saturated rings. The summed E-state index contributed by atoms with van der Waals surface area (Å²) in [6.45, 7) is 3.60. The average Bonchev–Trinajstić information content (AvgIpc) is 2.62. The van der Waals surface area contributed by atoms with Crippen molar-refractivity contribution in [3.05, 3.63) is 64.3 Å². The zero-order chi connectivity index (χ0) is 18.2. The van der Waals surface area contributed by atoms with Crippen LogP contribution in [0.5, 0.6) is 5.75 Å². The topological polar surface area (TPSA) is 94.4 Å². The summed E-state index contributed by atoms with van der Waals surface area (Å²) in [5, 5.41) is 13.9. The molecule has 0 aliphatic carbocycles. The van der Waals surface area contributed by atoms with Crippen LogP contribution in [0.4, 0.5) is 5.82 Å². The van der Waals surface area contributed by atoms with Gasteiger partial charge in [-0.15, -0.1) is 0 Å². The van der Waals surface area contributed by atoms with Gasteiger partial charge >= 0.3 is 5.82 Å². The standard InChI is InChI=1S/C18H21N3O4/c1-3-8-15(14-9-5-4-6-10-14)20-18(22)13(2)25-16-11-7-12-19-17(16)21(23)24/h4-7,9-13,15H,3,8H2,1-2H3,(H,20,22). The molecule has 0 saturated carbocycles. The third kappa shape index (κ3) is 5.00. The number of benzene rings is 1. The van der Waals surface area contributed by atoms with Crippen LogP contribution in [0.2, 0.25) is 0 Å². The third-order valence-corrected chi connectivity index (χ3v) is 3.69. The first-order valence-corrected chi connectivity index (χ1v) is 8.14. The molecular formula is C18H21N3O4. The lowest BCUT2D eigenvalue weighted by atomic mass is 10.0. The first-order valence-electron chi connectivity index (χ1n) is 8.14. The summed E-state index contributed by atoms with van der Waals surface area (Å²) in [7, 11) is 0. The number of nitro groups is 1. The van der Waals surface area contributed by atoms with Crippen LogP contribution in [-0.4, -0.2) is 21.9 Å². The summed E-state index contributed by atoms with van der Waals surface area (Å²) in [4.78, 5) is 26.5. The lowest BCUT2D eigenvalue weighted by Crippen LogP contribution is -2.38. The molecule has 2 rings (SSSR count). The summed E-state index contributed by atoms with van der Waals surface area (Å²) >= 11 is 0. The lowest BCUT2D eigenvalue weighted by Gasteiger charge is -2.21. The van der Waals surface area contributed by atoms with Crippen LogP contribution in [-0.2, 0) is 4.79 Å². The number of nitrogens with zero attached hydrogens (tertiary/aromatic N) is 2. The van der Waals surface area contributed by atoms with Crippen molar-refractivity contribution in [1.82, 2.24) is 10.3 Å². The fraction of sp³-hybridized carbons (Fsp3) is 0.333. The number of rotatable bonds is 8. The monoisotopic (exact) mass is 343 g/mol. The fourth-order valence-corrected chi connectivity index (χ4v) is 2.44. The minimum Gasteiger partial charge on any atom is -0.473 e. The molecule has 1 heterocycles. The highest BCUT2D eigenvalue weighted by Crippen LogP contribution is 2.24. The van der Waals surface area contributed by atoms with Gasteiger partial charge in [0.15, 0.2) is 6.10 Å². The summed E-state index contributed by atoms with van der Waals surface area (Å²) < 4.78 is 5.47. The number of hydrogen-bond acceptors (Lipinski definition) is 5. The van der Waals surface area contributed by atoms with E-state index in [-0.39, 0.29) is 17.7 Å². The van der Waals surface area contributed by atoms with Crippen LogP contribution >= 0.6 is 0 Å². The number of carbonyl (C=O) groups excluding carboxylic acids is 1. The molecule has 2 atom stereocenters. The molecule has 1 amide bonds. The van der Waals surface area contributed by atoms with Crippen molar-refractivity contribution in [2.24, 2.45) is 0 Å². The van der Waals surface area contributed by atoms with Gasteiger partial charge in [-0.25, -0.2) is 0 Å². The highest BCUT2D eigenvalue weighted by Gasteiger charge is 2.23. The molecular weight excluding hydrogens is 322 g/mol. The van der Waals surface area contributed by atoms with Gasteiger partial charge in [0.1, 0.15) is 6.20 Å². The van der Waals surface area contributed by atoms with Crippen molar-refractivity contribution >= 4 is 11.7 Å². The van der Waals surface area contributed by atoms with Gasteiger partial charge in [-0.3, -0.25) is 4.79 Å². The van der Waals surface area contributed by atoms with E-state index in [9.17, 15) is 14.9 Å². The highest BCUT2D eigenvalue weighted by atomic mass is 16.6. The molecule has 2 aromatic rings. The van der Waals surface area contributed by atoms with Gasteiger partial charge < -0.3 is 20.2 Å². The molecule has 0 saturated heterocycles. The molecule has 0 spiro atoms. The second-order valence-corrected chi connectivity index (χ2v) is 5.60. The van der Waals surface area contributed by atoms with E-state index in [0.29, 0.717) is 0 Å². The number of ether oxygens (including phenoxy) is 1. The van der Waals surface area contributed by atoms with Gasteiger partial charge in [0.05, 0.1) is 6.04 Å². The maximum Gasteiger partial charge on any atom is 0.406 e. The summed E-state index contributed by atoms with van der Waals surface area (Å²) in [6, 6.07) is 12.5. The molecule has 0 aliphatic heterocycles. The van der Waals surface area contributed by atoms with Crippen molar-refractivity contribution in [2.75, 3.05) is 0 Å². The number of hydrogen-bond donors (Lipinski definition) is 1. The molecule has 7 heteroatoms. The number of aromatic nitrogens is 1.